The third-order valence-corrected chi connectivity index (χ3v) is 4.50. The molecule has 0 spiro atoms. The Morgan fingerprint density at radius 2 is 1.82 bits per heavy atom. The Balaban J connectivity index is 2.51. The van der Waals surface area contributed by atoms with Gasteiger partial charge in [-0.1, -0.05) is 13.8 Å². The van der Waals surface area contributed by atoms with E-state index in [1.54, 1.807) is 6.07 Å². The van der Waals surface area contributed by atoms with Gasteiger partial charge in [-0.15, -0.1) is 0 Å². The van der Waals surface area contributed by atoms with Crippen LogP contribution in [0.3, 0.4) is 0 Å². The highest BCUT2D eigenvalue weighted by Crippen LogP contribution is 2.39. The molecular weight excluding hydrogens is 240 g/mol. The molecule has 1 aliphatic rings. The lowest BCUT2D eigenvalue weighted by Crippen LogP contribution is -2.46. The third kappa shape index (κ3) is 4.62. The lowest BCUT2D eigenvalue weighted by molar-refractivity contribution is -0.0205. The highest BCUT2D eigenvalue weighted by atomic mass is 32.2. The van der Waals surface area contributed by atoms with Crippen LogP contribution in [0.5, 0.6) is 0 Å². The molecule has 17 heavy (non-hydrogen) atoms. The summed E-state index contributed by atoms with van der Waals surface area (Å²) in [6, 6.07) is 1.59. The maximum absolute atomic E-state index is 11.3. The predicted octanol–water partition coefficient (Wildman–Crippen LogP) is 0.761. The molecule has 0 heterocycles. The minimum Gasteiger partial charge on any atom is -0.389 e. The Kier molecular flexibility index (Phi) is 4.18. The molecule has 0 aromatic carbocycles. The van der Waals surface area contributed by atoms with Crippen molar-refractivity contribution in [3.8, 4) is 6.07 Å². The van der Waals surface area contributed by atoms with Crippen LogP contribution in [0.2, 0.25) is 0 Å². The summed E-state index contributed by atoms with van der Waals surface area (Å²) in [6.45, 7) is 4.30. The van der Waals surface area contributed by atoms with Crippen LogP contribution in [0.15, 0.2) is 0 Å². The Hall–Kier alpha value is -0.640. The number of nitrogens with one attached hydrogen (secondary N) is 1. The molecule has 98 valence electrons. The van der Waals surface area contributed by atoms with Crippen LogP contribution in [0, 0.1) is 16.7 Å². The van der Waals surface area contributed by atoms with Crippen molar-refractivity contribution in [2.75, 3.05) is 12.3 Å². The predicted molar refractivity (Wildman–Crippen MR) is 64.6 cm³/mol. The molecule has 6 heteroatoms. The summed E-state index contributed by atoms with van der Waals surface area (Å²) < 4.78 is 24.9. The zero-order valence-electron chi connectivity index (χ0n) is 10.4. The number of sulfonamides is 1. The Morgan fingerprint density at radius 3 is 2.29 bits per heavy atom. The monoisotopic (exact) mass is 260 g/mol. The van der Waals surface area contributed by atoms with Crippen LogP contribution in [0.25, 0.3) is 0 Å². The van der Waals surface area contributed by atoms with E-state index in [4.69, 9.17) is 5.26 Å². The van der Waals surface area contributed by atoms with Gasteiger partial charge in [0.15, 0.2) is 5.75 Å². The van der Waals surface area contributed by atoms with E-state index in [-0.39, 0.29) is 12.0 Å². The van der Waals surface area contributed by atoms with Crippen molar-refractivity contribution in [1.82, 2.24) is 4.72 Å². The van der Waals surface area contributed by atoms with Crippen LogP contribution < -0.4 is 4.72 Å². The largest absolute Gasteiger partial charge is 0.389 e. The molecule has 2 N–H and O–H groups in total. The van der Waals surface area contributed by atoms with E-state index in [1.807, 2.05) is 0 Å². The van der Waals surface area contributed by atoms with Gasteiger partial charge in [0.1, 0.15) is 0 Å². The van der Waals surface area contributed by atoms with E-state index in [2.05, 4.69) is 18.6 Å². The zero-order valence-corrected chi connectivity index (χ0v) is 11.2. The van der Waals surface area contributed by atoms with E-state index < -0.39 is 21.4 Å². The average molecular weight is 260 g/mol. The molecule has 0 radical (unpaired) electrons. The van der Waals surface area contributed by atoms with Gasteiger partial charge in [-0.25, -0.2) is 13.1 Å². The van der Waals surface area contributed by atoms with Crippen molar-refractivity contribution < 1.29 is 13.5 Å². The molecule has 0 aromatic heterocycles. The van der Waals surface area contributed by atoms with Gasteiger partial charge in [-0.05, 0) is 31.1 Å². The first-order valence-electron chi connectivity index (χ1n) is 5.75. The van der Waals surface area contributed by atoms with Crippen molar-refractivity contribution in [1.29, 1.82) is 5.26 Å². The summed E-state index contributed by atoms with van der Waals surface area (Å²) in [5.41, 5.74) is -0.740. The smallest absolute Gasteiger partial charge is 0.225 e. The maximum Gasteiger partial charge on any atom is 0.225 e. The van der Waals surface area contributed by atoms with Gasteiger partial charge in [0.2, 0.25) is 10.0 Å². The van der Waals surface area contributed by atoms with Crippen molar-refractivity contribution in [3.05, 3.63) is 0 Å². The second-order valence-electron chi connectivity index (χ2n) is 5.63. The van der Waals surface area contributed by atoms with E-state index in [9.17, 15) is 13.5 Å². The van der Waals surface area contributed by atoms with Crippen LogP contribution >= 0.6 is 0 Å². The van der Waals surface area contributed by atoms with Gasteiger partial charge in [-0.3, -0.25) is 0 Å². The molecule has 0 amide bonds. The summed E-state index contributed by atoms with van der Waals surface area (Å²) in [5, 5.41) is 18.6. The van der Waals surface area contributed by atoms with E-state index in [1.165, 1.54) is 0 Å². The summed E-state index contributed by atoms with van der Waals surface area (Å²) >= 11 is 0. The molecule has 0 saturated heterocycles. The Morgan fingerprint density at radius 1 is 1.29 bits per heavy atom. The molecule has 0 bridgehead atoms. The van der Waals surface area contributed by atoms with Crippen LogP contribution in [-0.4, -0.2) is 31.4 Å². The van der Waals surface area contributed by atoms with Crippen molar-refractivity contribution in [2.45, 2.75) is 45.1 Å². The molecule has 1 aliphatic carbocycles. The number of nitrogens with zero attached hydrogens (tertiary/aromatic N) is 1. The number of aliphatic hydroxyl groups is 1. The van der Waals surface area contributed by atoms with Crippen molar-refractivity contribution >= 4 is 10.0 Å². The van der Waals surface area contributed by atoms with Crippen LogP contribution in [0.1, 0.15) is 39.5 Å². The number of hydrogen-bond donors (Lipinski definition) is 2. The maximum atomic E-state index is 11.3. The SMILES string of the molecule is CC1(C)CCC(O)(CNS(=O)(=O)CC#N)CC1. The van der Waals surface area contributed by atoms with Gasteiger partial charge in [-0.2, -0.15) is 5.26 Å². The fourth-order valence-electron chi connectivity index (χ4n) is 1.95. The first-order valence-corrected chi connectivity index (χ1v) is 7.40. The fourth-order valence-corrected chi connectivity index (χ4v) is 2.71. The molecule has 5 nitrogen and oxygen atoms in total. The second-order valence-corrected chi connectivity index (χ2v) is 7.43. The van der Waals surface area contributed by atoms with Crippen molar-refractivity contribution in [3.63, 3.8) is 0 Å². The van der Waals surface area contributed by atoms with Crippen LogP contribution in [0.4, 0.5) is 0 Å². The fraction of sp³-hybridized carbons (Fsp3) is 0.909. The van der Waals surface area contributed by atoms with Crippen molar-refractivity contribution in [2.24, 2.45) is 5.41 Å². The molecule has 1 saturated carbocycles. The van der Waals surface area contributed by atoms with E-state index in [0.29, 0.717) is 12.8 Å². The number of hydrogen-bond acceptors (Lipinski definition) is 4. The molecule has 0 unspecified atom stereocenters. The quantitative estimate of drug-likeness (QED) is 0.781. The summed E-state index contributed by atoms with van der Waals surface area (Å²) in [6.07, 6.45) is 2.94. The lowest BCUT2D eigenvalue weighted by atomic mass is 9.71. The lowest BCUT2D eigenvalue weighted by Gasteiger charge is -2.40. The average Bonchev–Trinajstić information content (AvgIpc) is 2.21. The highest BCUT2D eigenvalue weighted by molar-refractivity contribution is 7.89. The normalized spacial score (nSPS) is 22.9. The van der Waals surface area contributed by atoms with Gasteiger partial charge < -0.3 is 5.11 Å². The Labute approximate surface area is 103 Å². The van der Waals surface area contributed by atoms with Gasteiger partial charge in [0, 0.05) is 6.54 Å². The molecule has 0 atom stereocenters. The molecule has 1 fully saturated rings. The Bertz CT molecular complexity index is 399. The van der Waals surface area contributed by atoms with E-state index in [0.717, 1.165) is 12.8 Å². The van der Waals surface area contributed by atoms with Gasteiger partial charge in [0.25, 0.3) is 0 Å². The standard InChI is InChI=1S/C11H20N2O3S/c1-10(2)3-5-11(14,6-4-10)9-13-17(15,16)8-7-12/h13-14H,3-6,8-9H2,1-2H3. The number of rotatable bonds is 4. The van der Waals surface area contributed by atoms with Gasteiger partial charge >= 0.3 is 0 Å². The number of nitriles is 1. The first kappa shape index (κ1) is 14.4. The van der Waals surface area contributed by atoms with E-state index >= 15 is 0 Å². The summed E-state index contributed by atoms with van der Waals surface area (Å²) in [4.78, 5) is 0. The molecule has 1 rings (SSSR count). The minimum atomic E-state index is -3.57. The second kappa shape index (κ2) is 4.92. The van der Waals surface area contributed by atoms with Gasteiger partial charge in [0.05, 0.1) is 11.7 Å². The molecular formula is C11H20N2O3S. The first-order chi connectivity index (χ1) is 7.68. The highest BCUT2D eigenvalue weighted by Gasteiger charge is 2.37. The minimum absolute atomic E-state index is 0.00704. The molecule has 0 aromatic rings. The summed E-state index contributed by atoms with van der Waals surface area (Å²) in [5.74, 6) is -0.561. The summed E-state index contributed by atoms with van der Waals surface area (Å²) in [7, 11) is -3.57. The zero-order chi connectivity index (χ0) is 13.2. The van der Waals surface area contributed by atoms with Crippen LogP contribution in [-0.2, 0) is 10.0 Å². The third-order valence-electron chi connectivity index (χ3n) is 3.41. The topological polar surface area (TPSA) is 90.2 Å². The molecule has 0 aliphatic heterocycles.